The average molecular weight is 593 g/mol. The molecule has 0 bridgehead atoms. The number of benzene rings is 4. The van der Waals surface area contributed by atoms with Crippen LogP contribution >= 0.6 is 11.8 Å². The van der Waals surface area contributed by atoms with Gasteiger partial charge in [-0.05, 0) is 83.5 Å². The van der Waals surface area contributed by atoms with Crippen molar-refractivity contribution in [3.8, 4) is 11.5 Å². The summed E-state index contributed by atoms with van der Waals surface area (Å²) < 4.78 is 24.5. The van der Waals surface area contributed by atoms with E-state index in [1.165, 1.54) is 46.2 Å². The third kappa shape index (κ3) is 7.46. The van der Waals surface area contributed by atoms with E-state index in [0.29, 0.717) is 42.8 Å². The van der Waals surface area contributed by atoms with Crippen molar-refractivity contribution in [2.24, 2.45) is 0 Å². The molecule has 1 saturated heterocycles. The Balaban J connectivity index is 1.09. The predicted octanol–water partition coefficient (Wildman–Crippen LogP) is 8.66. The number of rotatable bonds is 11. The molecule has 7 rings (SSSR count). The molecule has 0 N–H and O–H groups in total. The van der Waals surface area contributed by atoms with E-state index in [1.807, 2.05) is 0 Å². The Morgan fingerprint density at radius 3 is 2.21 bits per heavy atom. The second kappa shape index (κ2) is 13.6. The van der Waals surface area contributed by atoms with Gasteiger partial charge < -0.3 is 18.9 Å². The zero-order chi connectivity index (χ0) is 28.8. The molecule has 4 nitrogen and oxygen atoms in total. The molecule has 0 spiro atoms. The first-order valence-corrected chi connectivity index (χ1v) is 16.6. The topological polar surface area (TPSA) is 36.9 Å². The van der Waals surface area contributed by atoms with Crippen molar-refractivity contribution in [1.82, 2.24) is 0 Å². The van der Waals surface area contributed by atoms with Gasteiger partial charge in [0, 0.05) is 10.5 Å². The standard InChI is InChI=1S/C38H40O4S/c1-3-7-27(8-4-1)24-39-26-34-22-33(42-25-28-9-5-2-6-10-28)23-38(43-34)31-14-15-35(30-12-13-30)32(21-31)19-29-11-16-36-37(20-29)41-18-17-40-36/h1-11,14-16,20-21,30,33-34,38H,12-13,17-19,22-26H2/t33-,34-,38+/m0/s1. The normalized spacial score (nSPS) is 21.4. The Morgan fingerprint density at radius 2 is 1.44 bits per heavy atom. The fraction of sp³-hybridized carbons (Fsp3) is 0.368. The maximum Gasteiger partial charge on any atom is 0.161 e. The van der Waals surface area contributed by atoms with E-state index in [9.17, 15) is 0 Å². The molecule has 2 aliphatic heterocycles. The first-order valence-electron chi connectivity index (χ1n) is 15.7. The molecule has 3 atom stereocenters. The first kappa shape index (κ1) is 28.5. The molecule has 0 radical (unpaired) electrons. The van der Waals surface area contributed by atoms with Crippen LogP contribution in [-0.2, 0) is 29.1 Å². The van der Waals surface area contributed by atoms with Crippen molar-refractivity contribution >= 4 is 11.8 Å². The molecule has 3 aliphatic rings. The SMILES string of the molecule is c1ccc(COC[C@@H]2C[C@H](OCc3ccccc3)C[C@H](c3ccc(C4CC4)c(Cc4ccc5c(c4)OCCO5)c3)S2)cc1. The summed E-state index contributed by atoms with van der Waals surface area (Å²) in [5.41, 5.74) is 8.08. The number of hydrogen-bond donors (Lipinski definition) is 0. The zero-order valence-electron chi connectivity index (χ0n) is 24.7. The maximum absolute atomic E-state index is 6.57. The molecular weight excluding hydrogens is 552 g/mol. The minimum Gasteiger partial charge on any atom is -0.486 e. The van der Waals surface area contributed by atoms with Crippen LogP contribution in [0.15, 0.2) is 97.1 Å². The van der Waals surface area contributed by atoms with Crippen LogP contribution in [0.3, 0.4) is 0 Å². The van der Waals surface area contributed by atoms with Crippen molar-refractivity contribution in [2.75, 3.05) is 19.8 Å². The summed E-state index contributed by atoms with van der Waals surface area (Å²) in [6, 6.07) is 34.7. The van der Waals surface area contributed by atoms with Gasteiger partial charge in [-0.15, -0.1) is 11.8 Å². The van der Waals surface area contributed by atoms with Crippen molar-refractivity contribution in [3.63, 3.8) is 0 Å². The lowest BCUT2D eigenvalue weighted by Gasteiger charge is -2.35. The van der Waals surface area contributed by atoms with Gasteiger partial charge in [0.1, 0.15) is 13.2 Å². The molecule has 2 heterocycles. The van der Waals surface area contributed by atoms with Crippen LogP contribution < -0.4 is 9.47 Å². The molecule has 4 aromatic carbocycles. The molecule has 43 heavy (non-hydrogen) atoms. The molecule has 0 aromatic heterocycles. The van der Waals surface area contributed by atoms with Crippen LogP contribution in [0.4, 0.5) is 0 Å². The van der Waals surface area contributed by atoms with E-state index >= 15 is 0 Å². The predicted molar refractivity (Wildman–Crippen MR) is 173 cm³/mol. The van der Waals surface area contributed by atoms with Gasteiger partial charge in [0.25, 0.3) is 0 Å². The molecule has 2 fully saturated rings. The minimum atomic E-state index is 0.195. The van der Waals surface area contributed by atoms with Gasteiger partial charge in [-0.3, -0.25) is 0 Å². The van der Waals surface area contributed by atoms with Gasteiger partial charge >= 0.3 is 0 Å². The Labute approximate surface area is 259 Å². The summed E-state index contributed by atoms with van der Waals surface area (Å²) in [6.45, 7) is 3.26. The number of hydrogen-bond acceptors (Lipinski definition) is 5. The van der Waals surface area contributed by atoms with E-state index in [0.717, 1.165) is 37.4 Å². The largest absolute Gasteiger partial charge is 0.486 e. The van der Waals surface area contributed by atoms with E-state index in [-0.39, 0.29) is 6.10 Å². The highest BCUT2D eigenvalue weighted by molar-refractivity contribution is 8.00. The van der Waals surface area contributed by atoms with Crippen LogP contribution in [0.25, 0.3) is 0 Å². The second-order valence-electron chi connectivity index (χ2n) is 12.0. The summed E-state index contributed by atoms with van der Waals surface area (Å²) >= 11 is 2.07. The molecule has 1 saturated carbocycles. The monoisotopic (exact) mass is 592 g/mol. The molecule has 222 valence electrons. The van der Waals surface area contributed by atoms with Crippen LogP contribution in [0.1, 0.15) is 70.2 Å². The van der Waals surface area contributed by atoms with Crippen LogP contribution in [0.2, 0.25) is 0 Å². The highest BCUT2D eigenvalue weighted by Crippen LogP contribution is 2.47. The van der Waals surface area contributed by atoms with Gasteiger partial charge in [-0.25, -0.2) is 0 Å². The lowest BCUT2D eigenvalue weighted by atomic mass is 9.92. The van der Waals surface area contributed by atoms with Gasteiger partial charge in [0.2, 0.25) is 0 Å². The number of fused-ring (bicyclic) bond motifs is 1. The van der Waals surface area contributed by atoms with Crippen molar-refractivity contribution in [3.05, 3.63) is 130 Å². The number of ether oxygens (including phenoxy) is 4. The lowest BCUT2D eigenvalue weighted by molar-refractivity contribution is 0.0180. The third-order valence-electron chi connectivity index (χ3n) is 8.66. The summed E-state index contributed by atoms with van der Waals surface area (Å²) in [7, 11) is 0. The fourth-order valence-corrected chi connectivity index (χ4v) is 7.88. The average Bonchev–Trinajstić information content (AvgIpc) is 3.90. The van der Waals surface area contributed by atoms with Crippen LogP contribution in [-0.4, -0.2) is 31.2 Å². The van der Waals surface area contributed by atoms with Crippen LogP contribution in [0, 0.1) is 0 Å². The smallest absolute Gasteiger partial charge is 0.161 e. The molecule has 5 heteroatoms. The maximum atomic E-state index is 6.57. The lowest BCUT2D eigenvalue weighted by Crippen LogP contribution is -2.30. The van der Waals surface area contributed by atoms with E-state index < -0.39 is 0 Å². The summed E-state index contributed by atoms with van der Waals surface area (Å²) in [4.78, 5) is 0. The van der Waals surface area contributed by atoms with Crippen LogP contribution in [0.5, 0.6) is 11.5 Å². The van der Waals surface area contributed by atoms with Gasteiger partial charge in [-0.1, -0.05) is 84.9 Å². The Hall–Kier alpha value is -3.25. The minimum absolute atomic E-state index is 0.195. The first-order chi connectivity index (χ1) is 21.3. The highest BCUT2D eigenvalue weighted by atomic mass is 32.2. The van der Waals surface area contributed by atoms with E-state index in [4.69, 9.17) is 18.9 Å². The molecular formula is C38H40O4S. The number of thioether (sulfide) groups is 1. The summed E-state index contributed by atoms with van der Waals surface area (Å²) in [6.07, 6.45) is 5.71. The van der Waals surface area contributed by atoms with Crippen molar-refractivity contribution in [1.29, 1.82) is 0 Å². The summed E-state index contributed by atoms with van der Waals surface area (Å²) in [5.74, 6) is 2.42. The van der Waals surface area contributed by atoms with Gasteiger partial charge in [-0.2, -0.15) is 0 Å². The quantitative estimate of drug-likeness (QED) is 0.174. The van der Waals surface area contributed by atoms with Crippen molar-refractivity contribution in [2.45, 2.75) is 67.8 Å². The Bertz CT molecular complexity index is 1490. The molecule has 0 amide bonds. The van der Waals surface area contributed by atoms with E-state index in [2.05, 4.69) is 109 Å². The Morgan fingerprint density at radius 1 is 0.698 bits per heavy atom. The summed E-state index contributed by atoms with van der Waals surface area (Å²) in [5, 5.41) is 0.750. The second-order valence-corrected chi connectivity index (χ2v) is 13.5. The van der Waals surface area contributed by atoms with Gasteiger partial charge in [0.05, 0.1) is 25.9 Å². The zero-order valence-corrected chi connectivity index (χ0v) is 25.5. The molecule has 4 aromatic rings. The third-order valence-corrected chi connectivity index (χ3v) is 10.2. The van der Waals surface area contributed by atoms with E-state index in [1.54, 1.807) is 0 Å². The van der Waals surface area contributed by atoms with Gasteiger partial charge in [0.15, 0.2) is 11.5 Å². The molecule has 1 aliphatic carbocycles. The highest BCUT2D eigenvalue weighted by Gasteiger charge is 2.33. The Kier molecular flexibility index (Phi) is 9.01. The van der Waals surface area contributed by atoms with Crippen molar-refractivity contribution < 1.29 is 18.9 Å². The molecule has 0 unspecified atom stereocenters. The fourth-order valence-electron chi connectivity index (χ4n) is 6.29.